The maximum absolute atomic E-state index is 11.2. The van der Waals surface area contributed by atoms with Crippen molar-refractivity contribution in [2.24, 2.45) is 0 Å². The fraction of sp³-hybridized carbons (Fsp3) is 0.250. The SMILES string of the molecule is CCc1ccc(NC(=O)CC#N)c(C(=O)O)c1. The number of carboxylic acid groups (broad SMARTS) is 1. The van der Waals surface area contributed by atoms with Crippen molar-refractivity contribution in [1.29, 1.82) is 5.26 Å². The molecule has 0 radical (unpaired) electrons. The maximum Gasteiger partial charge on any atom is 0.337 e. The molecule has 17 heavy (non-hydrogen) atoms. The minimum Gasteiger partial charge on any atom is -0.478 e. The van der Waals surface area contributed by atoms with Gasteiger partial charge in [0.25, 0.3) is 0 Å². The predicted octanol–water partition coefficient (Wildman–Crippen LogP) is 1.80. The zero-order valence-corrected chi connectivity index (χ0v) is 9.36. The Balaban J connectivity index is 3.03. The lowest BCUT2D eigenvalue weighted by Crippen LogP contribution is -2.13. The zero-order valence-electron chi connectivity index (χ0n) is 9.36. The lowest BCUT2D eigenvalue weighted by Gasteiger charge is -2.08. The van der Waals surface area contributed by atoms with E-state index in [4.69, 9.17) is 10.4 Å². The van der Waals surface area contributed by atoms with Crippen LogP contribution in [0.25, 0.3) is 0 Å². The predicted molar refractivity (Wildman–Crippen MR) is 61.6 cm³/mol. The summed E-state index contributed by atoms with van der Waals surface area (Å²) >= 11 is 0. The minimum atomic E-state index is -1.10. The Morgan fingerprint density at radius 1 is 1.47 bits per heavy atom. The molecule has 0 bridgehead atoms. The van der Waals surface area contributed by atoms with Crippen LogP contribution in [0, 0.1) is 11.3 Å². The van der Waals surface area contributed by atoms with Gasteiger partial charge in [0.2, 0.25) is 5.91 Å². The Morgan fingerprint density at radius 2 is 2.18 bits per heavy atom. The molecule has 0 aromatic heterocycles. The second kappa shape index (κ2) is 5.66. The highest BCUT2D eigenvalue weighted by Gasteiger charge is 2.12. The highest BCUT2D eigenvalue weighted by molar-refractivity contribution is 6.01. The number of nitrogens with zero attached hydrogens (tertiary/aromatic N) is 1. The fourth-order valence-electron chi connectivity index (χ4n) is 1.36. The van der Waals surface area contributed by atoms with Crippen LogP contribution in [0.2, 0.25) is 0 Å². The Kier molecular flexibility index (Phi) is 4.23. The number of hydrogen-bond acceptors (Lipinski definition) is 3. The molecule has 0 spiro atoms. The Labute approximate surface area is 98.7 Å². The quantitative estimate of drug-likeness (QED) is 0.828. The van der Waals surface area contributed by atoms with Crippen LogP contribution in [0.15, 0.2) is 18.2 Å². The normalized spacial score (nSPS) is 9.41. The highest BCUT2D eigenvalue weighted by Crippen LogP contribution is 2.18. The molecular weight excluding hydrogens is 220 g/mol. The summed E-state index contributed by atoms with van der Waals surface area (Å²) in [5.41, 5.74) is 1.13. The summed E-state index contributed by atoms with van der Waals surface area (Å²) < 4.78 is 0. The van der Waals surface area contributed by atoms with Crippen LogP contribution >= 0.6 is 0 Å². The van der Waals surface area contributed by atoms with Crippen LogP contribution in [0.5, 0.6) is 0 Å². The molecule has 5 heteroatoms. The van der Waals surface area contributed by atoms with Gasteiger partial charge < -0.3 is 10.4 Å². The topological polar surface area (TPSA) is 90.2 Å². The van der Waals surface area contributed by atoms with E-state index in [2.05, 4.69) is 5.32 Å². The average molecular weight is 232 g/mol. The van der Waals surface area contributed by atoms with Crippen molar-refractivity contribution < 1.29 is 14.7 Å². The summed E-state index contributed by atoms with van der Waals surface area (Å²) in [6.07, 6.45) is 0.418. The number of carbonyl (C=O) groups excluding carboxylic acids is 1. The zero-order chi connectivity index (χ0) is 12.8. The van der Waals surface area contributed by atoms with Crippen LogP contribution in [-0.2, 0) is 11.2 Å². The van der Waals surface area contributed by atoms with Crippen molar-refractivity contribution >= 4 is 17.6 Å². The Morgan fingerprint density at radius 3 is 2.71 bits per heavy atom. The van der Waals surface area contributed by atoms with Crippen molar-refractivity contribution in [3.8, 4) is 6.07 Å². The molecule has 1 aromatic carbocycles. The third kappa shape index (κ3) is 3.31. The maximum atomic E-state index is 11.2. The van der Waals surface area contributed by atoms with Crippen molar-refractivity contribution in [3.05, 3.63) is 29.3 Å². The summed E-state index contributed by atoms with van der Waals surface area (Å²) in [5, 5.41) is 19.8. The van der Waals surface area contributed by atoms with Crippen LogP contribution in [0.4, 0.5) is 5.69 Å². The van der Waals surface area contributed by atoms with E-state index in [-0.39, 0.29) is 17.7 Å². The minimum absolute atomic E-state index is 0.0376. The molecule has 0 aliphatic rings. The molecule has 0 aliphatic carbocycles. The van der Waals surface area contributed by atoms with E-state index in [1.54, 1.807) is 12.1 Å². The number of carbonyl (C=O) groups is 2. The summed E-state index contributed by atoms with van der Waals surface area (Å²) in [6.45, 7) is 1.91. The second-order valence-corrected chi connectivity index (χ2v) is 3.42. The van der Waals surface area contributed by atoms with Gasteiger partial charge in [0.15, 0.2) is 0 Å². The number of carboxylic acids is 1. The van der Waals surface area contributed by atoms with Crippen LogP contribution < -0.4 is 5.32 Å². The van der Waals surface area contributed by atoms with Gasteiger partial charge in [-0.2, -0.15) is 5.26 Å². The second-order valence-electron chi connectivity index (χ2n) is 3.42. The van der Waals surface area contributed by atoms with Gasteiger partial charge in [-0.1, -0.05) is 13.0 Å². The number of nitrogens with one attached hydrogen (secondary N) is 1. The van der Waals surface area contributed by atoms with Crippen LogP contribution in [0.3, 0.4) is 0 Å². The molecule has 0 saturated carbocycles. The largest absolute Gasteiger partial charge is 0.478 e. The van der Waals surface area contributed by atoms with Gasteiger partial charge in [-0.25, -0.2) is 4.79 Å². The number of anilines is 1. The fourth-order valence-corrected chi connectivity index (χ4v) is 1.36. The molecule has 0 heterocycles. The number of rotatable bonds is 4. The van der Waals surface area contributed by atoms with Crippen LogP contribution in [0.1, 0.15) is 29.3 Å². The van der Waals surface area contributed by atoms with Gasteiger partial charge >= 0.3 is 5.97 Å². The van der Waals surface area contributed by atoms with Crippen molar-refractivity contribution in [2.75, 3.05) is 5.32 Å². The molecule has 1 aromatic rings. The third-order valence-corrected chi connectivity index (χ3v) is 2.24. The van der Waals surface area contributed by atoms with E-state index in [0.29, 0.717) is 6.42 Å². The molecule has 0 saturated heterocycles. The molecule has 0 aliphatic heterocycles. The molecular formula is C12H12N2O3. The van der Waals surface area contributed by atoms with E-state index >= 15 is 0 Å². The molecule has 0 unspecified atom stereocenters. The first-order valence-corrected chi connectivity index (χ1v) is 5.11. The highest BCUT2D eigenvalue weighted by atomic mass is 16.4. The summed E-state index contributed by atoms with van der Waals surface area (Å²) in [5.74, 6) is -1.62. The number of benzene rings is 1. The first-order valence-electron chi connectivity index (χ1n) is 5.11. The van der Waals surface area contributed by atoms with Crippen LogP contribution in [-0.4, -0.2) is 17.0 Å². The molecule has 0 atom stereocenters. The molecule has 88 valence electrons. The summed E-state index contributed by atoms with van der Waals surface area (Å²) in [6, 6.07) is 6.50. The number of aryl methyl sites for hydroxylation is 1. The molecule has 2 N–H and O–H groups in total. The van der Waals surface area contributed by atoms with E-state index in [0.717, 1.165) is 5.56 Å². The monoisotopic (exact) mass is 232 g/mol. The Bertz CT molecular complexity index is 489. The van der Waals surface area contributed by atoms with Gasteiger partial charge in [0.05, 0.1) is 17.3 Å². The molecule has 5 nitrogen and oxygen atoms in total. The van der Waals surface area contributed by atoms with Gasteiger partial charge in [-0.15, -0.1) is 0 Å². The number of nitriles is 1. The van der Waals surface area contributed by atoms with Gasteiger partial charge in [-0.3, -0.25) is 4.79 Å². The molecule has 0 fully saturated rings. The number of amides is 1. The van der Waals surface area contributed by atoms with Crippen molar-refractivity contribution in [2.45, 2.75) is 19.8 Å². The van der Waals surface area contributed by atoms with E-state index in [1.807, 2.05) is 6.92 Å². The smallest absolute Gasteiger partial charge is 0.337 e. The number of aromatic carboxylic acids is 1. The van der Waals surface area contributed by atoms with E-state index in [9.17, 15) is 9.59 Å². The first kappa shape index (κ1) is 12.7. The summed E-state index contributed by atoms with van der Waals surface area (Å²) in [4.78, 5) is 22.2. The summed E-state index contributed by atoms with van der Waals surface area (Å²) in [7, 11) is 0. The molecule has 1 amide bonds. The standard InChI is InChI=1S/C12H12N2O3/c1-2-8-3-4-10(9(7-8)12(16)17)14-11(15)5-6-13/h3-4,7H,2,5H2,1H3,(H,14,15)(H,16,17). The molecule has 1 rings (SSSR count). The van der Waals surface area contributed by atoms with E-state index < -0.39 is 11.9 Å². The van der Waals surface area contributed by atoms with E-state index in [1.165, 1.54) is 12.1 Å². The average Bonchev–Trinajstić information content (AvgIpc) is 2.29. The Hall–Kier alpha value is -2.35. The van der Waals surface area contributed by atoms with Gasteiger partial charge in [0, 0.05) is 0 Å². The third-order valence-electron chi connectivity index (χ3n) is 2.24. The first-order chi connectivity index (χ1) is 8.08. The lowest BCUT2D eigenvalue weighted by molar-refractivity contribution is -0.115. The lowest BCUT2D eigenvalue weighted by atomic mass is 10.1. The van der Waals surface area contributed by atoms with Gasteiger partial charge in [0.1, 0.15) is 6.42 Å². The van der Waals surface area contributed by atoms with Crippen molar-refractivity contribution in [3.63, 3.8) is 0 Å². The number of hydrogen-bond donors (Lipinski definition) is 2. The van der Waals surface area contributed by atoms with Gasteiger partial charge in [-0.05, 0) is 24.1 Å². The van der Waals surface area contributed by atoms with Crippen molar-refractivity contribution in [1.82, 2.24) is 0 Å².